The summed E-state index contributed by atoms with van der Waals surface area (Å²) in [5.41, 5.74) is 3.69. The van der Waals surface area contributed by atoms with Crippen LogP contribution in [0.15, 0.2) is 66.7 Å². The molecule has 0 saturated carbocycles. The Morgan fingerprint density at radius 2 is 1.32 bits per heavy atom. The molecule has 0 aliphatic heterocycles. The number of hydrogen-bond acceptors (Lipinski definition) is 1. The largest absolute Gasteiger partial charge is 0.303 e. The zero-order valence-electron chi connectivity index (χ0n) is 11.0. The summed E-state index contributed by atoms with van der Waals surface area (Å²) < 4.78 is 0. The van der Waals surface area contributed by atoms with Gasteiger partial charge in [0.05, 0.1) is 0 Å². The zero-order valence-corrected chi connectivity index (χ0v) is 11.0. The van der Waals surface area contributed by atoms with Crippen LogP contribution in [0, 0.1) is 0 Å². The van der Waals surface area contributed by atoms with Crippen molar-refractivity contribution in [3.8, 4) is 0 Å². The standard InChI is InChI=1S/C18H18O/c19-15-9-3-8-14-18(16-10-4-1-5-11-16)17-12-6-2-7-13-17/h1-2,4-7,10-15H,3,8-9H2. The molecule has 0 spiro atoms. The first-order valence-corrected chi connectivity index (χ1v) is 6.66. The molecule has 2 aromatic rings. The summed E-state index contributed by atoms with van der Waals surface area (Å²) in [6.45, 7) is 0. The third kappa shape index (κ3) is 3.92. The molecule has 1 heteroatoms. The fourth-order valence-electron chi connectivity index (χ4n) is 2.09. The minimum absolute atomic E-state index is 0.632. The first kappa shape index (κ1) is 13.3. The van der Waals surface area contributed by atoms with E-state index >= 15 is 0 Å². The summed E-state index contributed by atoms with van der Waals surface area (Å²) in [4.78, 5) is 10.4. The van der Waals surface area contributed by atoms with Crippen molar-refractivity contribution in [1.29, 1.82) is 0 Å². The predicted octanol–water partition coefficient (Wildman–Crippen LogP) is 4.49. The highest BCUT2D eigenvalue weighted by Gasteiger charge is 2.03. The van der Waals surface area contributed by atoms with E-state index in [1.807, 2.05) is 12.1 Å². The topological polar surface area (TPSA) is 17.1 Å². The van der Waals surface area contributed by atoms with Gasteiger partial charge in [-0.05, 0) is 29.5 Å². The van der Waals surface area contributed by atoms with Crippen molar-refractivity contribution < 1.29 is 4.79 Å². The van der Waals surface area contributed by atoms with Crippen molar-refractivity contribution in [1.82, 2.24) is 0 Å². The molecule has 1 nitrogen and oxygen atoms in total. The maximum absolute atomic E-state index is 10.4. The van der Waals surface area contributed by atoms with E-state index in [0.717, 1.165) is 19.1 Å². The van der Waals surface area contributed by atoms with Crippen LogP contribution in [0.4, 0.5) is 0 Å². The number of allylic oxidation sites excluding steroid dienone is 1. The Hall–Kier alpha value is -2.15. The van der Waals surface area contributed by atoms with E-state index < -0.39 is 0 Å². The quantitative estimate of drug-likeness (QED) is 0.545. The summed E-state index contributed by atoms with van der Waals surface area (Å²) in [6, 6.07) is 20.8. The Labute approximate surface area is 114 Å². The molecule has 0 atom stereocenters. The average molecular weight is 250 g/mol. The lowest BCUT2D eigenvalue weighted by atomic mass is 9.96. The fraction of sp³-hybridized carbons (Fsp3) is 0.167. The molecule has 0 amide bonds. The molecule has 0 saturated heterocycles. The van der Waals surface area contributed by atoms with Gasteiger partial charge in [-0.2, -0.15) is 0 Å². The van der Waals surface area contributed by atoms with Crippen LogP contribution in [0.5, 0.6) is 0 Å². The van der Waals surface area contributed by atoms with Gasteiger partial charge in [-0.25, -0.2) is 0 Å². The molecule has 2 rings (SSSR count). The molecule has 0 aliphatic rings. The highest BCUT2D eigenvalue weighted by molar-refractivity contribution is 5.79. The van der Waals surface area contributed by atoms with Gasteiger partial charge >= 0.3 is 0 Å². The van der Waals surface area contributed by atoms with Gasteiger partial charge in [0, 0.05) is 6.42 Å². The second-order valence-corrected chi connectivity index (χ2v) is 4.45. The molecule has 0 unspecified atom stereocenters. The Morgan fingerprint density at radius 3 is 1.79 bits per heavy atom. The SMILES string of the molecule is O=CCCCC=C(c1ccccc1)c1ccccc1. The molecule has 0 bridgehead atoms. The van der Waals surface area contributed by atoms with Crippen molar-refractivity contribution in [3.05, 3.63) is 77.9 Å². The summed E-state index contributed by atoms with van der Waals surface area (Å²) in [5, 5.41) is 0. The molecule has 0 radical (unpaired) electrons. The first-order chi connectivity index (χ1) is 9.42. The third-order valence-corrected chi connectivity index (χ3v) is 3.04. The van der Waals surface area contributed by atoms with Crippen LogP contribution in [0.25, 0.3) is 5.57 Å². The minimum atomic E-state index is 0.632. The number of carbonyl (C=O) groups is 1. The lowest BCUT2D eigenvalue weighted by Crippen LogP contribution is -1.88. The molecule has 0 heterocycles. The first-order valence-electron chi connectivity index (χ1n) is 6.66. The highest BCUT2D eigenvalue weighted by Crippen LogP contribution is 2.24. The summed E-state index contributed by atoms with van der Waals surface area (Å²) >= 11 is 0. The zero-order chi connectivity index (χ0) is 13.3. The number of benzene rings is 2. The summed E-state index contributed by atoms with van der Waals surface area (Å²) in [6.07, 6.45) is 5.69. The van der Waals surface area contributed by atoms with Gasteiger partial charge in [0.15, 0.2) is 0 Å². The van der Waals surface area contributed by atoms with Gasteiger partial charge in [0.25, 0.3) is 0 Å². The molecule has 96 valence electrons. The summed E-state index contributed by atoms with van der Waals surface area (Å²) in [7, 11) is 0. The fourth-order valence-corrected chi connectivity index (χ4v) is 2.09. The molecule has 0 aliphatic carbocycles. The molecular formula is C18H18O. The van der Waals surface area contributed by atoms with Crippen molar-refractivity contribution >= 4 is 11.9 Å². The van der Waals surface area contributed by atoms with Crippen LogP contribution in [0.2, 0.25) is 0 Å². The highest BCUT2D eigenvalue weighted by atomic mass is 16.1. The van der Waals surface area contributed by atoms with Gasteiger partial charge in [-0.1, -0.05) is 66.7 Å². The lowest BCUT2D eigenvalue weighted by Gasteiger charge is -2.08. The second-order valence-electron chi connectivity index (χ2n) is 4.45. The molecule has 0 N–H and O–H groups in total. The van der Waals surface area contributed by atoms with E-state index in [-0.39, 0.29) is 0 Å². The van der Waals surface area contributed by atoms with E-state index in [0.29, 0.717) is 6.42 Å². The normalized spacial score (nSPS) is 9.89. The summed E-state index contributed by atoms with van der Waals surface area (Å²) in [5.74, 6) is 0. The van der Waals surface area contributed by atoms with Gasteiger partial charge < -0.3 is 4.79 Å². The molecule has 19 heavy (non-hydrogen) atoms. The Morgan fingerprint density at radius 1 is 0.789 bits per heavy atom. The molecule has 2 aromatic carbocycles. The van der Waals surface area contributed by atoms with Crippen LogP contribution < -0.4 is 0 Å². The number of carbonyl (C=O) groups excluding carboxylic acids is 1. The maximum Gasteiger partial charge on any atom is 0.120 e. The van der Waals surface area contributed by atoms with E-state index in [1.54, 1.807) is 0 Å². The maximum atomic E-state index is 10.4. The molecular weight excluding hydrogens is 232 g/mol. The Balaban J connectivity index is 2.26. The Bertz CT molecular complexity index is 485. The van der Waals surface area contributed by atoms with E-state index in [9.17, 15) is 4.79 Å². The third-order valence-electron chi connectivity index (χ3n) is 3.04. The van der Waals surface area contributed by atoms with Gasteiger partial charge in [-0.3, -0.25) is 0 Å². The van der Waals surface area contributed by atoms with E-state index in [1.165, 1.54) is 16.7 Å². The van der Waals surface area contributed by atoms with Gasteiger partial charge in [0.1, 0.15) is 6.29 Å². The average Bonchev–Trinajstić information content (AvgIpc) is 2.49. The number of aldehydes is 1. The Kier molecular flexibility index (Phi) is 5.12. The minimum Gasteiger partial charge on any atom is -0.303 e. The van der Waals surface area contributed by atoms with Crippen LogP contribution in [0.1, 0.15) is 30.4 Å². The van der Waals surface area contributed by atoms with Crippen molar-refractivity contribution in [2.45, 2.75) is 19.3 Å². The van der Waals surface area contributed by atoms with Crippen molar-refractivity contribution in [2.24, 2.45) is 0 Å². The van der Waals surface area contributed by atoms with Crippen LogP contribution in [-0.2, 0) is 4.79 Å². The van der Waals surface area contributed by atoms with Gasteiger partial charge in [-0.15, -0.1) is 0 Å². The monoisotopic (exact) mass is 250 g/mol. The van der Waals surface area contributed by atoms with Crippen molar-refractivity contribution in [3.63, 3.8) is 0 Å². The van der Waals surface area contributed by atoms with Crippen LogP contribution in [-0.4, -0.2) is 6.29 Å². The van der Waals surface area contributed by atoms with Crippen molar-refractivity contribution in [2.75, 3.05) is 0 Å². The number of rotatable bonds is 6. The smallest absolute Gasteiger partial charge is 0.120 e. The lowest BCUT2D eigenvalue weighted by molar-refractivity contribution is -0.107. The van der Waals surface area contributed by atoms with Gasteiger partial charge in [0.2, 0.25) is 0 Å². The number of hydrogen-bond donors (Lipinski definition) is 0. The predicted molar refractivity (Wildman–Crippen MR) is 79.9 cm³/mol. The van der Waals surface area contributed by atoms with E-state index in [2.05, 4.69) is 54.6 Å². The van der Waals surface area contributed by atoms with E-state index in [4.69, 9.17) is 0 Å². The number of unbranched alkanes of at least 4 members (excludes halogenated alkanes) is 2. The molecule has 0 fully saturated rings. The van der Waals surface area contributed by atoms with Crippen LogP contribution in [0.3, 0.4) is 0 Å². The van der Waals surface area contributed by atoms with Crippen LogP contribution >= 0.6 is 0 Å². The molecule has 0 aromatic heterocycles. The second kappa shape index (κ2) is 7.32.